The number of rotatable bonds is 7. The molecule has 2 aliphatic heterocycles. The van der Waals surface area contributed by atoms with Crippen LogP contribution in [-0.2, 0) is 27.0 Å². The molecule has 2 aromatic carbocycles. The van der Waals surface area contributed by atoms with Gasteiger partial charge < -0.3 is 34.5 Å². The predicted molar refractivity (Wildman–Crippen MR) is 155 cm³/mol. The Labute approximate surface area is 236 Å². The van der Waals surface area contributed by atoms with Crippen molar-refractivity contribution in [2.45, 2.75) is 76.0 Å². The number of hydrogen-bond donors (Lipinski definition) is 3. The summed E-state index contributed by atoms with van der Waals surface area (Å²) in [6.45, 7) is 7.74. The summed E-state index contributed by atoms with van der Waals surface area (Å²) < 4.78 is 13.2. The molecule has 3 aliphatic rings. The molecule has 3 N–H and O–H groups in total. The van der Waals surface area contributed by atoms with Crippen molar-refractivity contribution < 1.29 is 32.1 Å². The molecule has 6 rings (SSSR count). The molecule has 3 heterocycles. The maximum atomic E-state index is 13.5. The number of aliphatic hydroxyl groups excluding tert-OH is 2. The number of likely N-dealkylation sites (tertiary alicyclic amines) is 1. The summed E-state index contributed by atoms with van der Waals surface area (Å²) in [5.74, 6) is 1.33. The maximum Gasteiger partial charge on any atom is 0.235 e. The lowest BCUT2D eigenvalue weighted by Crippen LogP contribution is -2.29. The third-order valence-electron chi connectivity index (χ3n) is 8.42. The van der Waals surface area contributed by atoms with Crippen molar-refractivity contribution in [2.24, 2.45) is 0 Å². The Morgan fingerprint density at radius 1 is 1.02 bits per heavy atom. The molecule has 2 amide bonds. The monoisotopic (exact) mass is 551 g/mol. The van der Waals surface area contributed by atoms with E-state index in [9.17, 15) is 19.8 Å². The zero-order valence-electron chi connectivity index (χ0n) is 23.3. The number of aryl methyl sites for hydroxylation is 1. The molecule has 0 unspecified atom stereocenters. The molecule has 0 bridgehead atoms. The van der Waals surface area contributed by atoms with Crippen molar-refractivity contribution in [3.05, 3.63) is 53.7 Å². The summed E-state index contributed by atoms with van der Waals surface area (Å²) in [5, 5.41) is 23.7. The lowest BCUT2D eigenvalue weighted by molar-refractivity contribution is -0.130. The van der Waals surface area contributed by atoms with E-state index in [1.807, 2.05) is 36.4 Å². The zero-order valence-corrected chi connectivity index (χ0v) is 23.3. The molecule has 1 aliphatic carbocycles. The van der Waals surface area contributed by atoms with E-state index in [-0.39, 0.29) is 40.0 Å². The van der Waals surface area contributed by atoms with Gasteiger partial charge in [0, 0.05) is 56.6 Å². The predicted octanol–water partition coefficient (Wildman–Crippen LogP) is 4.17. The minimum atomic E-state index is -0.869. The van der Waals surface area contributed by atoms with Crippen molar-refractivity contribution >= 4 is 28.4 Å². The van der Waals surface area contributed by atoms with Crippen LogP contribution in [-0.4, -0.2) is 63.6 Å². The van der Waals surface area contributed by atoms with Gasteiger partial charge >= 0.3 is 0 Å². The van der Waals surface area contributed by atoms with E-state index < -0.39 is 17.6 Å². The Kier molecular flexibility index (Phi) is 6.54. The van der Waals surface area contributed by atoms with E-state index in [1.165, 1.54) is 0 Å². The number of fused-ring (bicyclic) bond motifs is 2. The second-order valence-electron chi connectivity index (χ2n) is 12.3. The first kappa shape index (κ1) is 26.7. The Bertz CT molecular complexity index is 1470. The van der Waals surface area contributed by atoms with Gasteiger partial charge in [0.2, 0.25) is 18.6 Å². The van der Waals surface area contributed by atoms with Crippen LogP contribution in [0.15, 0.2) is 42.5 Å². The van der Waals surface area contributed by atoms with Gasteiger partial charge in [0.25, 0.3) is 0 Å². The second-order valence-corrected chi connectivity index (χ2v) is 12.3. The van der Waals surface area contributed by atoms with E-state index in [0.717, 1.165) is 40.7 Å². The number of hydrogen-bond acceptors (Lipinski definition) is 6. The number of benzene rings is 2. The van der Waals surface area contributed by atoms with Crippen LogP contribution in [0.4, 0.5) is 5.69 Å². The molecule has 2 fully saturated rings. The summed E-state index contributed by atoms with van der Waals surface area (Å²) in [7, 11) is 0. The molecule has 9 heteroatoms. The third kappa shape index (κ3) is 4.81. The topological polar surface area (TPSA) is 113 Å². The van der Waals surface area contributed by atoms with Crippen LogP contribution in [0.25, 0.3) is 10.9 Å². The Hall–Kier alpha value is -3.56. The average Bonchev–Trinajstić information content (AvgIpc) is 3.26. The minimum Gasteiger partial charge on any atom is -0.454 e. The summed E-state index contributed by atoms with van der Waals surface area (Å²) in [6, 6.07) is 13.9. The maximum absolute atomic E-state index is 13.5. The fraction of sp³-hybridized carbons (Fsp3) is 0.484. The minimum absolute atomic E-state index is 0. The molecule has 3 aromatic rings. The van der Waals surface area contributed by atoms with Crippen molar-refractivity contribution in [2.75, 3.05) is 25.2 Å². The van der Waals surface area contributed by atoms with Crippen molar-refractivity contribution in [1.29, 1.82) is 0 Å². The molecule has 0 radical (unpaired) electrons. The molecule has 40 heavy (non-hydrogen) atoms. The number of β-amino-alcohol motifs (C(OH)–C–C–N with tert-alkyl or cyclic N) is 2. The first-order valence-corrected chi connectivity index (χ1v) is 14.0. The average molecular weight is 552 g/mol. The van der Waals surface area contributed by atoms with Crippen LogP contribution in [0, 0.1) is 0 Å². The molecular weight excluding hydrogens is 510 g/mol. The summed E-state index contributed by atoms with van der Waals surface area (Å²) >= 11 is 0. The van der Waals surface area contributed by atoms with E-state index in [2.05, 4.69) is 36.7 Å². The number of carbonyl (C=O) groups is 2. The molecule has 2 atom stereocenters. The van der Waals surface area contributed by atoms with E-state index >= 15 is 0 Å². The van der Waals surface area contributed by atoms with Crippen LogP contribution >= 0.6 is 0 Å². The molecule has 216 valence electrons. The first-order valence-electron chi connectivity index (χ1n) is 14.0. The normalized spacial score (nSPS) is 21.2. The lowest BCUT2D eigenvalue weighted by atomic mass is 9.92. The van der Waals surface area contributed by atoms with Crippen molar-refractivity contribution in [3.63, 3.8) is 0 Å². The Morgan fingerprint density at radius 2 is 1.75 bits per heavy atom. The SMILES string of the molecule is CC(C)(C)c1cc2cc(NC(=O)C3(c4ccc5c(c4)OCO5)CC3)ccc2n1CCCC(=O)N1C[C@@H](O)[C@@H](O)C1.[HH].[HH]. The van der Waals surface area contributed by atoms with Gasteiger partial charge in [-0.05, 0) is 61.2 Å². The number of nitrogens with zero attached hydrogens (tertiary/aromatic N) is 2. The number of aliphatic hydroxyl groups is 2. The fourth-order valence-corrected chi connectivity index (χ4v) is 5.95. The van der Waals surface area contributed by atoms with Gasteiger partial charge in [-0.3, -0.25) is 9.59 Å². The van der Waals surface area contributed by atoms with Crippen LogP contribution in [0.2, 0.25) is 0 Å². The van der Waals surface area contributed by atoms with Gasteiger partial charge in [-0.1, -0.05) is 26.8 Å². The number of anilines is 1. The zero-order chi connectivity index (χ0) is 28.2. The number of nitrogens with one attached hydrogen (secondary N) is 1. The van der Waals surface area contributed by atoms with Crippen LogP contribution in [0.5, 0.6) is 11.5 Å². The number of aromatic nitrogens is 1. The van der Waals surface area contributed by atoms with E-state index in [1.54, 1.807) is 4.90 Å². The molecule has 1 aromatic heterocycles. The smallest absolute Gasteiger partial charge is 0.235 e. The molecule has 0 spiro atoms. The van der Waals surface area contributed by atoms with Gasteiger partial charge in [-0.2, -0.15) is 0 Å². The van der Waals surface area contributed by atoms with Gasteiger partial charge in [0.05, 0.1) is 17.6 Å². The Morgan fingerprint density at radius 3 is 2.45 bits per heavy atom. The molecule has 1 saturated heterocycles. The third-order valence-corrected chi connectivity index (χ3v) is 8.42. The number of ether oxygens (including phenoxy) is 2. The van der Waals surface area contributed by atoms with Crippen molar-refractivity contribution in [1.82, 2.24) is 9.47 Å². The van der Waals surface area contributed by atoms with Crippen molar-refractivity contribution in [3.8, 4) is 11.5 Å². The van der Waals surface area contributed by atoms with E-state index in [0.29, 0.717) is 30.9 Å². The fourth-order valence-electron chi connectivity index (χ4n) is 5.95. The number of amides is 2. The van der Waals surface area contributed by atoms with Crippen LogP contribution in [0.3, 0.4) is 0 Å². The quantitative estimate of drug-likeness (QED) is 0.406. The first-order chi connectivity index (χ1) is 19.0. The highest BCUT2D eigenvalue weighted by molar-refractivity contribution is 6.02. The highest BCUT2D eigenvalue weighted by atomic mass is 16.7. The van der Waals surface area contributed by atoms with Gasteiger partial charge in [0.1, 0.15) is 0 Å². The highest BCUT2D eigenvalue weighted by Gasteiger charge is 2.51. The van der Waals surface area contributed by atoms with Crippen LogP contribution < -0.4 is 14.8 Å². The lowest BCUT2D eigenvalue weighted by Gasteiger charge is -2.22. The number of carbonyl (C=O) groups excluding carboxylic acids is 2. The largest absolute Gasteiger partial charge is 0.454 e. The van der Waals surface area contributed by atoms with Gasteiger partial charge in [-0.15, -0.1) is 0 Å². The van der Waals surface area contributed by atoms with E-state index in [4.69, 9.17) is 9.47 Å². The molecule has 9 nitrogen and oxygen atoms in total. The second kappa shape index (κ2) is 9.82. The standard InChI is InChI=1S/C31H37N3O6.2H2/c1-30(2,3)27-14-19-13-21(32-29(38)31(10-11-31)20-6-9-25-26(15-20)40-18-39-25)7-8-22(19)34(27)12-4-5-28(37)33-16-23(35)24(36)17-33;;/h6-9,13-15,23-24,35-36H,4-5,10-12,16-18H2,1-3H3,(H,32,38);2*1H/t23-,24+;;. The van der Waals surface area contributed by atoms with Crippen LogP contribution in [0.1, 0.15) is 60.6 Å². The van der Waals surface area contributed by atoms with Gasteiger partial charge in [0.15, 0.2) is 11.5 Å². The summed E-state index contributed by atoms with van der Waals surface area (Å²) in [6.07, 6.45) is 0.834. The molecular formula is C31H41N3O6. The molecule has 1 saturated carbocycles. The summed E-state index contributed by atoms with van der Waals surface area (Å²) in [5.41, 5.74) is 3.25. The highest BCUT2D eigenvalue weighted by Crippen LogP contribution is 2.51. The summed E-state index contributed by atoms with van der Waals surface area (Å²) in [4.78, 5) is 27.6. The Balaban J connectivity index is 0.00000202. The van der Waals surface area contributed by atoms with Gasteiger partial charge in [-0.25, -0.2) is 0 Å².